The summed E-state index contributed by atoms with van der Waals surface area (Å²) in [5, 5.41) is 24.9. The first-order valence-electron chi connectivity index (χ1n) is 16.1. The summed E-state index contributed by atoms with van der Waals surface area (Å²) in [5.74, 6) is -0.556. The van der Waals surface area contributed by atoms with E-state index in [-0.39, 0.29) is 44.3 Å². The monoisotopic (exact) mass is 697 g/mol. The lowest BCUT2D eigenvalue weighted by atomic mass is 9.92. The minimum Gasteiger partial charge on any atom is -0.493 e. The van der Waals surface area contributed by atoms with Crippen molar-refractivity contribution in [3.8, 4) is 11.5 Å². The van der Waals surface area contributed by atoms with Crippen molar-refractivity contribution in [2.24, 2.45) is 0 Å². The van der Waals surface area contributed by atoms with E-state index >= 15 is 0 Å². The van der Waals surface area contributed by atoms with E-state index in [9.17, 15) is 28.8 Å². The molecule has 0 saturated carbocycles. The number of aliphatic hydroxyl groups is 1. The number of hydrogen-bond acceptors (Lipinski definition) is 11. The second kappa shape index (κ2) is 19.1. The third-order valence-corrected chi connectivity index (χ3v) is 7.58. The van der Waals surface area contributed by atoms with E-state index in [4.69, 9.17) is 14.2 Å². The molecule has 0 amide bonds. The van der Waals surface area contributed by atoms with Gasteiger partial charge in [-0.15, -0.1) is 10.1 Å². The number of aromatic nitrogens is 3. The summed E-state index contributed by atoms with van der Waals surface area (Å²) in [7, 11) is 1.80. The van der Waals surface area contributed by atoms with Gasteiger partial charge < -0.3 is 24.2 Å². The van der Waals surface area contributed by atoms with Crippen molar-refractivity contribution in [1.82, 2.24) is 19.7 Å². The Morgan fingerprint density at radius 1 is 0.920 bits per heavy atom. The van der Waals surface area contributed by atoms with Gasteiger partial charge in [0, 0.05) is 31.1 Å². The number of benzene rings is 3. The Bertz CT molecular complexity index is 1630. The smallest absolute Gasteiger partial charge is 0.310 e. The Labute approximate surface area is 288 Å². The molecule has 0 bridgehead atoms. The van der Waals surface area contributed by atoms with Gasteiger partial charge in [0.15, 0.2) is 0 Å². The van der Waals surface area contributed by atoms with Crippen LogP contribution in [0.4, 0.5) is 8.78 Å². The lowest BCUT2D eigenvalue weighted by Crippen LogP contribution is -2.43. The Kier molecular flexibility index (Phi) is 14.4. The second-order valence-corrected chi connectivity index (χ2v) is 11.8. The van der Waals surface area contributed by atoms with Gasteiger partial charge in [0.2, 0.25) is 0 Å². The van der Waals surface area contributed by atoms with Crippen molar-refractivity contribution in [3.05, 3.63) is 118 Å². The molecule has 13 nitrogen and oxygen atoms in total. The summed E-state index contributed by atoms with van der Waals surface area (Å²) >= 11 is 0. The van der Waals surface area contributed by atoms with E-state index in [1.54, 1.807) is 31.3 Å². The van der Waals surface area contributed by atoms with E-state index in [2.05, 4.69) is 14.9 Å². The van der Waals surface area contributed by atoms with Crippen LogP contribution < -0.4 is 9.47 Å². The van der Waals surface area contributed by atoms with Gasteiger partial charge in [-0.25, -0.2) is 18.4 Å². The van der Waals surface area contributed by atoms with Crippen LogP contribution in [-0.4, -0.2) is 75.8 Å². The first-order valence-corrected chi connectivity index (χ1v) is 16.1. The summed E-state index contributed by atoms with van der Waals surface area (Å²) < 4.78 is 46.6. The molecule has 1 heterocycles. The predicted molar refractivity (Wildman–Crippen MR) is 177 cm³/mol. The summed E-state index contributed by atoms with van der Waals surface area (Å²) in [4.78, 5) is 32.1. The number of hydrogen-bond donors (Lipinski definition) is 1. The van der Waals surface area contributed by atoms with Gasteiger partial charge in [-0.3, -0.25) is 9.69 Å². The summed E-state index contributed by atoms with van der Waals surface area (Å²) in [6, 6.07) is 17.8. The normalized spacial score (nSPS) is 12.3. The minimum atomic E-state index is -1.70. The van der Waals surface area contributed by atoms with Crippen molar-refractivity contribution >= 4 is 5.97 Å². The maximum atomic E-state index is 14.7. The molecule has 0 aliphatic carbocycles. The molecule has 0 radical (unpaired) electrons. The fraction of sp³-hybridized carbons (Fsp3) is 0.400. The molecule has 1 atom stereocenters. The summed E-state index contributed by atoms with van der Waals surface area (Å²) in [6.45, 7) is 1.57. The van der Waals surface area contributed by atoms with Crippen LogP contribution in [-0.2, 0) is 39.5 Å². The van der Waals surface area contributed by atoms with E-state index < -0.39 is 22.3 Å². The largest absolute Gasteiger partial charge is 0.493 e. The van der Waals surface area contributed by atoms with Crippen molar-refractivity contribution in [2.75, 3.05) is 40.0 Å². The van der Waals surface area contributed by atoms with Gasteiger partial charge in [0.1, 0.15) is 41.4 Å². The minimum absolute atomic E-state index is 0.0324. The molecular weight excluding hydrogens is 656 g/mol. The summed E-state index contributed by atoms with van der Waals surface area (Å²) in [5.41, 5.74) is 0.00406. The van der Waals surface area contributed by atoms with Gasteiger partial charge in [0.25, 0.3) is 5.09 Å². The molecule has 0 aliphatic rings. The quantitative estimate of drug-likeness (QED) is 0.0518. The fourth-order valence-electron chi connectivity index (χ4n) is 5.24. The van der Waals surface area contributed by atoms with Crippen LogP contribution in [0.3, 0.4) is 0 Å². The molecular formula is C35H41F2N5O8. The zero-order chi connectivity index (χ0) is 35.8. The van der Waals surface area contributed by atoms with Crippen LogP contribution >= 0.6 is 0 Å². The molecule has 4 aromatic rings. The van der Waals surface area contributed by atoms with Crippen molar-refractivity contribution < 1.29 is 42.8 Å². The third kappa shape index (κ3) is 12.7. The van der Waals surface area contributed by atoms with E-state index in [1.165, 1.54) is 23.4 Å². The van der Waals surface area contributed by atoms with Gasteiger partial charge >= 0.3 is 5.97 Å². The predicted octanol–water partition coefficient (Wildman–Crippen LogP) is 4.89. The second-order valence-electron chi connectivity index (χ2n) is 11.8. The molecule has 0 fully saturated rings. The number of esters is 1. The maximum absolute atomic E-state index is 14.7. The molecule has 15 heteroatoms. The highest BCUT2D eigenvalue weighted by molar-refractivity contribution is 5.72. The van der Waals surface area contributed by atoms with E-state index in [0.29, 0.717) is 56.9 Å². The summed E-state index contributed by atoms with van der Waals surface area (Å²) in [6.07, 6.45) is 5.31. The number of halogens is 2. The van der Waals surface area contributed by atoms with Crippen LogP contribution in [0.5, 0.6) is 11.5 Å². The number of rotatable bonds is 22. The Morgan fingerprint density at radius 2 is 1.58 bits per heavy atom. The van der Waals surface area contributed by atoms with E-state index in [1.807, 2.05) is 29.2 Å². The van der Waals surface area contributed by atoms with Gasteiger partial charge in [-0.2, -0.15) is 5.10 Å². The zero-order valence-corrected chi connectivity index (χ0v) is 27.8. The van der Waals surface area contributed by atoms with Gasteiger partial charge in [-0.05, 0) is 67.8 Å². The highest BCUT2D eigenvalue weighted by Crippen LogP contribution is 2.28. The maximum Gasteiger partial charge on any atom is 0.310 e. The average Bonchev–Trinajstić information content (AvgIpc) is 3.58. The Hall–Kier alpha value is -5.15. The van der Waals surface area contributed by atoms with Crippen molar-refractivity contribution in [3.63, 3.8) is 0 Å². The van der Waals surface area contributed by atoms with Gasteiger partial charge in [0.05, 0.1) is 39.4 Å². The van der Waals surface area contributed by atoms with Crippen molar-refractivity contribution in [1.29, 1.82) is 0 Å². The molecule has 0 saturated heterocycles. The molecule has 268 valence electrons. The topological polar surface area (TPSA) is 151 Å². The molecule has 3 aromatic carbocycles. The van der Waals surface area contributed by atoms with Gasteiger partial charge in [-0.1, -0.05) is 30.3 Å². The molecule has 1 N–H and O–H groups in total. The third-order valence-electron chi connectivity index (χ3n) is 7.58. The van der Waals surface area contributed by atoms with Crippen LogP contribution in [0, 0.1) is 21.7 Å². The SMILES string of the molecule is CN(Cc1ccc(OCCCOc2ccc(CC(=O)OCCCCCO[N+](=O)[O-])cc2)cc1)CC(O)(Cn1cncn1)c1ccc(F)cc1F. The number of nitrogens with zero attached hydrogens (tertiary/aromatic N) is 5. The zero-order valence-electron chi connectivity index (χ0n) is 27.8. The molecule has 0 spiro atoms. The average molecular weight is 698 g/mol. The van der Waals surface area contributed by atoms with Crippen LogP contribution in [0.2, 0.25) is 0 Å². The number of unbranched alkanes of at least 4 members (excludes halogenated alkanes) is 2. The molecule has 50 heavy (non-hydrogen) atoms. The standard InChI is InChI=1S/C35H41F2N5O8/c1-40(23-35(44,24-41-26-38-25-39-41)32-15-10-29(36)21-33(32)37)22-28-8-13-31(14-9-28)48-18-5-17-47-30-11-6-27(7-12-30)20-34(43)49-16-3-2-4-19-50-42(45)46/h6-15,21,25-26,44H,2-5,16-20,22-24H2,1H3. The van der Waals surface area contributed by atoms with Crippen LogP contribution in [0.25, 0.3) is 0 Å². The highest BCUT2D eigenvalue weighted by atomic mass is 19.1. The number of likely N-dealkylation sites (N-methyl/N-ethyl adjacent to an activating group) is 1. The molecule has 1 aromatic heterocycles. The van der Waals surface area contributed by atoms with E-state index in [0.717, 1.165) is 23.3 Å². The van der Waals surface area contributed by atoms with Crippen molar-refractivity contribution in [2.45, 2.75) is 50.8 Å². The fourth-order valence-corrected chi connectivity index (χ4v) is 5.24. The number of carbonyl (C=O) groups excluding carboxylic acids is 1. The first kappa shape index (κ1) is 37.7. The first-order chi connectivity index (χ1) is 24.1. The molecule has 0 aliphatic heterocycles. The lowest BCUT2D eigenvalue weighted by molar-refractivity contribution is -0.757. The van der Waals surface area contributed by atoms with Crippen LogP contribution in [0.1, 0.15) is 42.4 Å². The Morgan fingerprint density at radius 3 is 2.20 bits per heavy atom. The number of carbonyl (C=O) groups is 1. The lowest BCUT2D eigenvalue weighted by Gasteiger charge is -2.33. The molecule has 4 rings (SSSR count). The highest BCUT2D eigenvalue weighted by Gasteiger charge is 2.35. The number of ether oxygens (including phenoxy) is 3. The Balaban J connectivity index is 1.14. The molecule has 1 unspecified atom stereocenters. The van der Waals surface area contributed by atoms with Crippen LogP contribution in [0.15, 0.2) is 79.4 Å².